The molecule has 1 aromatic carbocycles. The van der Waals surface area contributed by atoms with Crippen molar-refractivity contribution in [3.8, 4) is 5.75 Å². The van der Waals surface area contributed by atoms with Crippen LogP contribution in [0.15, 0.2) is 18.2 Å². The maximum absolute atomic E-state index is 12.9. The van der Waals surface area contributed by atoms with E-state index in [1.54, 1.807) is 23.1 Å². The van der Waals surface area contributed by atoms with Gasteiger partial charge in [-0.2, -0.15) is 0 Å². The largest absolute Gasteiger partial charge is 0.481 e. The fraction of sp³-hybridized carbons (Fsp3) is 0.500. The maximum atomic E-state index is 12.9. The molecule has 0 saturated carbocycles. The maximum Gasteiger partial charge on any atom is 0.303 e. The van der Waals surface area contributed by atoms with Gasteiger partial charge in [-0.05, 0) is 37.5 Å². The molecular formula is C16H22N2O4. The Morgan fingerprint density at radius 1 is 1.36 bits per heavy atom. The first-order valence-corrected chi connectivity index (χ1v) is 7.56. The van der Waals surface area contributed by atoms with Gasteiger partial charge in [-0.1, -0.05) is 13.8 Å². The summed E-state index contributed by atoms with van der Waals surface area (Å²) < 4.78 is 5.98. The summed E-state index contributed by atoms with van der Waals surface area (Å²) in [5.41, 5.74) is 6.09. The number of aliphatic carboxylic acids is 1. The van der Waals surface area contributed by atoms with Gasteiger partial charge in [0.25, 0.3) is 5.91 Å². The van der Waals surface area contributed by atoms with Gasteiger partial charge in [-0.25, -0.2) is 0 Å². The highest BCUT2D eigenvalue weighted by atomic mass is 16.5. The number of nitrogen functional groups attached to an aromatic ring is 1. The van der Waals surface area contributed by atoms with E-state index in [1.807, 2.05) is 13.8 Å². The number of fused-ring (bicyclic) bond motifs is 1. The van der Waals surface area contributed by atoms with Gasteiger partial charge < -0.3 is 20.5 Å². The average Bonchev–Trinajstić information content (AvgIpc) is 2.49. The Bertz CT molecular complexity index is 582. The molecule has 0 fully saturated rings. The molecule has 0 atom stereocenters. The number of hydrogen-bond acceptors (Lipinski definition) is 4. The van der Waals surface area contributed by atoms with Gasteiger partial charge in [-0.3, -0.25) is 9.59 Å². The van der Waals surface area contributed by atoms with Crippen molar-refractivity contribution in [2.75, 3.05) is 17.2 Å². The minimum absolute atomic E-state index is 0.0214. The third-order valence-corrected chi connectivity index (χ3v) is 4.13. The van der Waals surface area contributed by atoms with E-state index in [-0.39, 0.29) is 12.3 Å². The van der Waals surface area contributed by atoms with Crippen LogP contribution in [0.3, 0.4) is 0 Å². The van der Waals surface area contributed by atoms with E-state index in [9.17, 15) is 9.59 Å². The van der Waals surface area contributed by atoms with Crippen LogP contribution in [0, 0.1) is 0 Å². The van der Waals surface area contributed by atoms with Crippen LogP contribution in [0.4, 0.5) is 11.4 Å². The Labute approximate surface area is 129 Å². The van der Waals surface area contributed by atoms with E-state index in [0.717, 1.165) is 0 Å². The molecule has 6 nitrogen and oxygen atoms in total. The molecule has 0 bridgehead atoms. The lowest BCUT2D eigenvalue weighted by molar-refractivity contribution is -0.138. The highest BCUT2D eigenvalue weighted by molar-refractivity contribution is 6.03. The zero-order valence-corrected chi connectivity index (χ0v) is 13.0. The van der Waals surface area contributed by atoms with E-state index in [0.29, 0.717) is 42.9 Å². The number of carbonyl (C=O) groups excluding carboxylic acids is 1. The van der Waals surface area contributed by atoms with Crippen LogP contribution < -0.4 is 15.4 Å². The molecule has 6 heteroatoms. The van der Waals surface area contributed by atoms with Crippen molar-refractivity contribution in [3.63, 3.8) is 0 Å². The molecular weight excluding hydrogens is 284 g/mol. The molecule has 1 aromatic rings. The second kappa shape index (κ2) is 6.25. The summed E-state index contributed by atoms with van der Waals surface area (Å²) in [6.07, 6.45) is 1.52. The molecule has 3 N–H and O–H groups in total. The van der Waals surface area contributed by atoms with Crippen LogP contribution in [0.1, 0.15) is 39.5 Å². The molecule has 0 spiro atoms. The summed E-state index contributed by atoms with van der Waals surface area (Å²) in [7, 11) is 0. The predicted octanol–water partition coefficient (Wildman–Crippen LogP) is 2.42. The number of hydrogen-bond donors (Lipinski definition) is 2. The molecule has 0 aliphatic carbocycles. The number of carbonyl (C=O) groups is 2. The van der Waals surface area contributed by atoms with Crippen LogP contribution in [0.2, 0.25) is 0 Å². The minimum atomic E-state index is -0.883. The molecule has 2 rings (SSSR count). The number of carboxylic acid groups (broad SMARTS) is 1. The van der Waals surface area contributed by atoms with Gasteiger partial charge in [0, 0.05) is 18.7 Å². The lowest BCUT2D eigenvalue weighted by Crippen LogP contribution is -2.55. The Kier molecular flexibility index (Phi) is 4.59. The summed E-state index contributed by atoms with van der Waals surface area (Å²) >= 11 is 0. The van der Waals surface area contributed by atoms with E-state index < -0.39 is 11.6 Å². The second-order valence-corrected chi connectivity index (χ2v) is 5.48. The van der Waals surface area contributed by atoms with Crippen LogP contribution in [0.5, 0.6) is 5.75 Å². The third-order valence-electron chi connectivity index (χ3n) is 4.13. The first-order chi connectivity index (χ1) is 10.4. The number of rotatable bonds is 6. The topological polar surface area (TPSA) is 92.9 Å². The van der Waals surface area contributed by atoms with Gasteiger partial charge in [0.2, 0.25) is 0 Å². The quantitative estimate of drug-likeness (QED) is 0.787. The van der Waals surface area contributed by atoms with Gasteiger partial charge >= 0.3 is 5.97 Å². The zero-order valence-electron chi connectivity index (χ0n) is 13.0. The Balaban J connectivity index is 2.37. The summed E-state index contributed by atoms with van der Waals surface area (Å²) in [4.78, 5) is 25.2. The number of ether oxygens (including phenoxy) is 1. The summed E-state index contributed by atoms with van der Waals surface area (Å²) in [6, 6.07) is 5.20. The van der Waals surface area contributed by atoms with Gasteiger partial charge in [0.05, 0.1) is 5.69 Å². The number of carboxylic acids is 1. The van der Waals surface area contributed by atoms with Crippen molar-refractivity contribution in [3.05, 3.63) is 18.2 Å². The smallest absolute Gasteiger partial charge is 0.303 e. The van der Waals surface area contributed by atoms with Crippen LogP contribution in [-0.4, -0.2) is 29.1 Å². The number of nitrogens with zero attached hydrogens (tertiary/aromatic N) is 1. The first kappa shape index (κ1) is 16.1. The van der Waals surface area contributed by atoms with Crippen LogP contribution in [0.25, 0.3) is 0 Å². The van der Waals surface area contributed by atoms with Gasteiger partial charge in [-0.15, -0.1) is 0 Å². The molecule has 1 aliphatic heterocycles. The van der Waals surface area contributed by atoms with Gasteiger partial charge in [0.15, 0.2) is 5.60 Å². The fourth-order valence-electron chi connectivity index (χ4n) is 2.75. The monoisotopic (exact) mass is 306 g/mol. The fourth-order valence-corrected chi connectivity index (χ4v) is 2.75. The molecule has 22 heavy (non-hydrogen) atoms. The summed E-state index contributed by atoms with van der Waals surface area (Å²) in [6.45, 7) is 4.17. The molecule has 1 amide bonds. The van der Waals surface area contributed by atoms with Crippen molar-refractivity contribution >= 4 is 23.3 Å². The Morgan fingerprint density at radius 3 is 2.64 bits per heavy atom. The first-order valence-electron chi connectivity index (χ1n) is 7.56. The molecule has 0 unspecified atom stereocenters. The molecule has 0 aromatic heterocycles. The second-order valence-electron chi connectivity index (χ2n) is 5.48. The molecule has 120 valence electrons. The molecule has 0 radical (unpaired) electrons. The zero-order chi connectivity index (χ0) is 16.3. The summed E-state index contributed by atoms with van der Waals surface area (Å²) in [5.74, 6) is -0.375. The average molecular weight is 306 g/mol. The number of anilines is 2. The normalized spacial score (nSPS) is 16.1. The molecule has 1 heterocycles. The number of benzene rings is 1. The number of amides is 1. The molecule has 0 saturated heterocycles. The van der Waals surface area contributed by atoms with Crippen molar-refractivity contribution in [2.24, 2.45) is 0 Å². The lowest BCUT2D eigenvalue weighted by Gasteiger charge is -2.42. The highest BCUT2D eigenvalue weighted by Crippen LogP contribution is 2.41. The highest BCUT2D eigenvalue weighted by Gasteiger charge is 2.45. The number of nitrogens with two attached hydrogens (primary N) is 1. The van der Waals surface area contributed by atoms with Crippen molar-refractivity contribution in [2.45, 2.75) is 45.1 Å². The van der Waals surface area contributed by atoms with E-state index >= 15 is 0 Å². The molecule has 1 aliphatic rings. The van der Waals surface area contributed by atoms with Crippen molar-refractivity contribution in [1.82, 2.24) is 0 Å². The van der Waals surface area contributed by atoms with Crippen molar-refractivity contribution < 1.29 is 19.4 Å². The Morgan fingerprint density at radius 2 is 2.05 bits per heavy atom. The van der Waals surface area contributed by atoms with E-state index in [4.69, 9.17) is 15.6 Å². The van der Waals surface area contributed by atoms with E-state index in [1.165, 1.54) is 0 Å². The lowest BCUT2D eigenvalue weighted by atomic mass is 9.92. The van der Waals surface area contributed by atoms with Gasteiger partial charge in [0.1, 0.15) is 5.75 Å². The predicted molar refractivity (Wildman–Crippen MR) is 84.0 cm³/mol. The van der Waals surface area contributed by atoms with E-state index in [2.05, 4.69) is 0 Å². The Hall–Kier alpha value is -2.24. The standard InChI is InChI=1S/C16H22N2O4/c1-3-16(4-2)15(21)18(9-5-6-14(19)20)12-10-11(17)7-8-13(12)22-16/h7-8,10H,3-6,9,17H2,1-2H3,(H,19,20). The summed E-state index contributed by atoms with van der Waals surface area (Å²) in [5, 5.41) is 8.80. The van der Waals surface area contributed by atoms with Crippen molar-refractivity contribution in [1.29, 1.82) is 0 Å². The van der Waals surface area contributed by atoms with Crippen LogP contribution >= 0.6 is 0 Å². The van der Waals surface area contributed by atoms with Crippen LogP contribution in [-0.2, 0) is 9.59 Å². The SMILES string of the molecule is CCC1(CC)Oc2ccc(N)cc2N(CCCC(=O)O)C1=O. The third kappa shape index (κ3) is 2.86. The minimum Gasteiger partial charge on any atom is -0.481 e.